The third-order valence-electron chi connectivity index (χ3n) is 3.58. The van der Waals surface area contributed by atoms with Gasteiger partial charge in [-0.25, -0.2) is 0 Å². The number of nitrogens with one attached hydrogen (secondary N) is 1. The maximum atomic E-state index is 12.3. The highest BCUT2D eigenvalue weighted by Crippen LogP contribution is 2.32. The monoisotopic (exact) mass is 416 g/mol. The fourth-order valence-electron chi connectivity index (χ4n) is 2.29. The lowest BCUT2D eigenvalue weighted by molar-refractivity contribution is -0.112. The number of carbonyl (C=O) groups excluding carboxylic acids is 1. The molecule has 7 heteroatoms. The molecular weight excluding hydrogens is 407 g/mol. The molecule has 2 aromatic carbocycles. The SMILES string of the molecule is N#CC(=Cc1ccc(-c2ccc(Cl)cc2Cl)o1)C(=O)Nc1ccc(Cl)cc1. The largest absolute Gasteiger partial charge is 0.457 e. The summed E-state index contributed by atoms with van der Waals surface area (Å²) in [6.45, 7) is 0. The predicted octanol–water partition coefficient (Wildman–Crippen LogP) is 6.45. The summed E-state index contributed by atoms with van der Waals surface area (Å²) in [6, 6.07) is 16.8. The first-order valence-electron chi connectivity index (χ1n) is 7.70. The van der Waals surface area contributed by atoms with Crippen LogP contribution < -0.4 is 5.32 Å². The molecule has 0 aliphatic carbocycles. The van der Waals surface area contributed by atoms with Crippen molar-refractivity contribution < 1.29 is 9.21 Å². The third kappa shape index (κ3) is 4.72. The van der Waals surface area contributed by atoms with Gasteiger partial charge in [-0.05, 0) is 54.6 Å². The molecule has 4 nitrogen and oxygen atoms in total. The highest BCUT2D eigenvalue weighted by atomic mass is 35.5. The molecule has 0 aliphatic rings. The van der Waals surface area contributed by atoms with Crippen molar-refractivity contribution in [1.82, 2.24) is 0 Å². The van der Waals surface area contributed by atoms with Gasteiger partial charge in [-0.2, -0.15) is 5.26 Å². The van der Waals surface area contributed by atoms with Gasteiger partial charge in [-0.1, -0.05) is 34.8 Å². The van der Waals surface area contributed by atoms with Crippen LogP contribution >= 0.6 is 34.8 Å². The first kappa shape index (κ1) is 19.1. The number of rotatable bonds is 4. The van der Waals surface area contributed by atoms with Crippen molar-refractivity contribution in [2.24, 2.45) is 0 Å². The van der Waals surface area contributed by atoms with Crippen molar-refractivity contribution in [3.8, 4) is 17.4 Å². The van der Waals surface area contributed by atoms with E-state index in [0.29, 0.717) is 37.8 Å². The van der Waals surface area contributed by atoms with Crippen LogP contribution in [0, 0.1) is 11.3 Å². The fraction of sp³-hybridized carbons (Fsp3) is 0. The van der Waals surface area contributed by atoms with E-state index in [9.17, 15) is 10.1 Å². The van der Waals surface area contributed by atoms with E-state index in [0.717, 1.165) is 0 Å². The molecule has 0 radical (unpaired) electrons. The van der Waals surface area contributed by atoms with E-state index in [1.54, 1.807) is 54.6 Å². The van der Waals surface area contributed by atoms with Crippen LogP contribution in [0.4, 0.5) is 5.69 Å². The Kier molecular flexibility index (Phi) is 5.88. The van der Waals surface area contributed by atoms with Gasteiger partial charge in [-0.3, -0.25) is 4.79 Å². The first-order valence-corrected chi connectivity index (χ1v) is 8.83. The van der Waals surface area contributed by atoms with Crippen LogP contribution in [0.2, 0.25) is 15.1 Å². The van der Waals surface area contributed by atoms with Gasteiger partial charge in [0.05, 0.1) is 5.02 Å². The molecule has 0 saturated heterocycles. The predicted molar refractivity (Wildman–Crippen MR) is 108 cm³/mol. The number of hydrogen-bond acceptors (Lipinski definition) is 3. The van der Waals surface area contributed by atoms with Crippen molar-refractivity contribution in [2.45, 2.75) is 0 Å². The Balaban J connectivity index is 1.82. The standard InChI is InChI=1S/C20H11Cl3N2O2/c21-13-1-4-15(5-2-13)25-20(26)12(11-24)9-16-6-8-19(27-16)17-7-3-14(22)10-18(17)23/h1-10H,(H,25,26). The van der Waals surface area contributed by atoms with Crippen molar-refractivity contribution >= 4 is 52.5 Å². The van der Waals surface area contributed by atoms with Crippen molar-refractivity contribution in [1.29, 1.82) is 5.26 Å². The second-order valence-corrected chi connectivity index (χ2v) is 6.74. The Bertz CT molecular complexity index is 1060. The van der Waals surface area contributed by atoms with E-state index < -0.39 is 5.91 Å². The Morgan fingerprint density at radius 1 is 1.00 bits per heavy atom. The number of hydrogen-bond donors (Lipinski definition) is 1. The molecule has 0 spiro atoms. The molecule has 1 heterocycles. The van der Waals surface area contributed by atoms with Gasteiger partial charge in [0.15, 0.2) is 0 Å². The molecule has 1 N–H and O–H groups in total. The van der Waals surface area contributed by atoms with Crippen LogP contribution in [-0.2, 0) is 4.79 Å². The van der Waals surface area contributed by atoms with E-state index >= 15 is 0 Å². The summed E-state index contributed by atoms with van der Waals surface area (Å²) in [6.07, 6.45) is 1.36. The normalized spacial score (nSPS) is 11.1. The summed E-state index contributed by atoms with van der Waals surface area (Å²) in [5.41, 5.74) is 1.08. The number of nitrogens with zero attached hydrogens (tertiary/aromatic N) is 1. The van der Waals surface area contributed by atoms with E-state index in [-0.39, 0.29) is 5.57 Å². The Morgan fingerprint density at radius 3 is 2.37 bits per heavy atom. The van der Waals surface area contributed by atoms with Gasteiger partial charge >= 0.3 is 0 Å². The molecule has 3 rings (SSSR count). The van der Waals surface area contributed by atoms with Gasteiger partial charge in [-0.15, -0.1) is 0 Å². The van der Waals surface area contributed by atoms with Crippen molar-refractivity contribution in [2.75, 3.05) is 5.32 Å². The maximum Gasteiger partial charge on any atom is 0.266 e. The smallest absolute Gasteiger partial charge is 0.266 e. The Hall–Kier alpha value is -2.71. The maximum absolute atomic E-state index is 12.3. The first-order chi connectivity index (χ1) is 13.0. The van der Waals surface area contributed by atoms with Gasteiger partial charge in [0, 0.05) is 27.4 Å². The van der Waals surface area contributed by atoms with Gasteiger partial charge in [0.1, 0.15) is 23.2 Å². The van der Waals surface area contributed by atoms with Crippen LogP contribution in [0.15, 0.2) is 64.6 Å². The summed E-state index contributed by atoms with van der Waals surface area (Å²) in [7, 11) is 0. The number of furan rings is 1. The van der Waals surface area contributed by atoms with E-state index in [4.69, 9.17) is 39.2 Å². The molecule has 1 amide bonds. The van der Waals surface area contributed by atoms with E-state index in [1.807, 2.05) is 6.07 Å². The Morgan fingerprint density at radius 2 is 1.70 bits per heavy atom. The second-order valence-electron chi connectivity index (χ2n) is 5.46. The van der Waals surface area contributed by atoms with Crippen LogP contribution in [0.25, 0.3) is 17.4 Å². The lowest BCUT2D eigenvalue weighted by Gasteiger charge is -2.04. The molecule has 134 valence electrons. The summed E-state index contributed by atoms with van der Waals surface area (Å²) >= 11 is 17.9. The molecule has 3 aromatic rings. The zero-order valence-corrected chi connectivity index (χ0v) is 15.9. The molecule has 0 aliphatic heterocycles. The van der Waals surface area contributed by atoms with Crippen molar-refractivity contribution in [3.63, 3.8) is 0 Å². The lowest BCUT2D eigenvalue weighted by Crippen LogP contribution is -2.13. The number of amides is 1. The van der Waals surface area contributed by atoms with E-state index in [1.165, 1.54) is 6.08 Å². The van der Waals surface area contributed by atoms with Gasteiger partial charge in [0.25, 0.3) is 5.91 Å². The number of halogens is 3. The van der Waals surface area contributed by atoms with Gasteiger partial charge in [0.2, 0.25) is 0 Å². The molecule has 0 atom stereocenters. The van der Waals surface area contributed by atoms with Crippen LogP contribution in [0.1, 0.15) is 5.76 Å². The molecular formula is C20H11Cl3N2O2. The average Bonchev–Trinajstić information content (AvgIpc) is 3.09. The minimum Gasteiger partial charge on any atom is -0.457 e. The molecule has 0 unspecified atom stereocenters. The van der Waals surface area contributed by atoms with Crippen molar-refractivity contribution in [3.05, 3.63) is 81.0 Å². The van der Waals surface area contributed by atoms with Gasteiger partial charge < -0.3 is 9.73 Å². The number of benzene rings is 2. The second kappa shape index (κ2) is 8.32. The third-order valence-corrected chi connectivity index (χ3v) is 4.38. The van der Waals surface area contributed by atoms with E-state index in [2.05, 4.69) is 5.32 Å². The topological polar surface area (TPSA) is 66.0 Å². The van der Waals surface area contributed by atoms with Crippen LogP contribution in [-0.4, -0.2) is 5.91 Å². The molecule has 0 bridgehead atoms. The number of anilines is 1. The fourth-order valence-corrected chi connectivity index (χ4v) is 2.91. The minimum absolute atomic E-state index is 0.104. The minimum atomic E-state index is -0.553. The molecule has 0 fully saturated rings. The average molecular weight is 418 g/mol. The number of nitriles is 1. The molecule has 27 heavy (non-hydrogen) atoms. The molecule has 1 aromatic heterocycles. The highest BCUT2D eigenvalue weighted by molar-refractivity contribution is 6.36. The quantitative estimate of drug-likeness (QED) is 0.392. The summed E-state index contributed by atoms with van der Waals surface area (Å²) in [5, 5.41) is 13.4. The zero-order chi connectivity index (χ0) is 19.4. The summed E-state index contributed by atoms with van der Waals surface area (Å²) in [5.74, 6) is 0.291. The highest BCUT2D eigenvalue weighted by Gasteiger charge is 2.13. The van der Waals surface area contributed by atoms with Crippen LogP contribution in [0.5, 0.6) is 0 Å². The zero-order valence-electron chi connectivity index (χ0n) is 13.7. The summed E-state index contributed by atoms with van der Waals surface area (Å²) < 4.78 is 5.69. The summed E-state index contributed by atoms with van der Waals surface area (Å²) in [4.78, 5) is 12.3. The molecule has 0 saturated carbocycles. The lowest BCUT2D eigenvalue weighted by atomic mass is 10.2. The number of carbonyl (C=O) groups is 1. The Labute approximate surface area is 170 Å². The van der Waals surface area contributed by atoms with Crippen LogP contribution in [0.3, 0.4) is 0 Å².